The minimum absolute atomic E-state index is 0.305. The van der Waals surface area contributed by atoms with Gasteiger partial charge in [0.05, 0.1) is 6.10 Å². The Labute approximate surface area is 101 Å². The molecule has 0 N–H and O–H groups in total. The van der Waals surface area contributed by atoms with Gasteiger partial charge in [0.1, 0.15) is 5.75 Å². The molecule has 0 unspecified atom stereocenters. The minimum Gasteiger partial charge on any atom is -0.490 e. The number of aryl methyl sites for hydroxylation is 1. The Morgan fingerprint density at radius 3 is 2.69 bits per heavy atom. The van der Waals surface area contributed by atoms with Gasteiger partial charge in [0.15, 0.2) is 0 Å². The van der Waals surface area contributed by atoms with Gasteiger partial charge in [-0.15, -0.1) is 0 Å². The monoisotopic (exact) mass is 238 g/mol. The molecule has 0 heterocycles. The van der Waals surface area contributed by atoms with Gasteiger partial charge in [-0.3, -0.25) is 4.79 Å². The summed E-state index contributed by atoms with van der Waals surface area (Å²) < 4.78 is 5.89. The molecule has 0 aromatic heterocycles. The number of rotatable bonds is 3. The van der Waals surface area contributed by atoms with E-state index in [0.29, 0.717) is 11.7 Å². The van der Waals surface area contributed by atoms with Gasteiger partial charge in [-0.25, -0.2) is 0 Å². The fourth-order valence-corrected chi connectivity index (χ4v) is 2.15. The first-order valence-corrected chi connectivity index (χ1v) is 6.02. The molecule has 0 amide bonds. The summed E-state index contributed by atoms with van der Waals surface area (Å²) in [5.41, 5.74) is 1.55. The van der Waals surface area contributed by atoms with Crippen molar-refractivity contribution in [2.45, 2.75) is 38.7 Å². The zero-order chi connectivity index (χ0) is 11.5. The highest BCUT2D eigenvalue weighted by molar-refractivity contribution is 6.67. The second-order valence-electron chi connectivity index (χ2n) is 4.28. The normalized spacial score (nSPS) is 16.4. The van der Waals surface area contributed by atoms with E-state index in [4.69, 9.17) is 16.3 Å². The summed E-state index contributed by atoms with van der Waals surface area (Å²) in [6.45, 7) is 1.98. The van der Waals surface area contributed by atoms with E-state index in [9.17, 15) is 4.79 Å². The Hall–Kier alpha value is -1.02. The first-order valence-electron chi connectivity index (χ1n) is 5.64. The summed E-state index contributed by atoms with van der Waals surface area (Å²) in [7, 11) is 0. The van der Waals surface area contributed by atoms with Crippen molar-refractivity contribution < 1.29 is 9.53 Å². The Morgan fingerprint density at radius 1 is 1.38 bits per heavy atom. The molecule has 0 saturated heterocycles. The van der Waals surface area contributed by atoms with Crippen LogP contribution in [0.1, 0.15) is 41.6 Å². The van der Waals surface area contributed by atoms with Crippen LogP contribution in [-0.2, 0) is 0 Å². The maximum Gasteiger partial charge on any atom is 0.252 e. The topological polar surface area (TPSA) is 26.3 Å². The van der Waals surface area contributed by atoms with Gasteiger partial charge in [0.2, 0.25) is 0 Å². The van der Waals surface area contributed by atoms with Gasteiger partial charge in [-0.1, -0.05) is 6.07 Å². The second-order valence-corrected chi connectivity index (χ2v) is 4.62. The molecule has 1 aliphatic carbocycles. The number of benzene rings is 1. The van der Waals surface area contributed by atoms with Crippen molar-refractivity contribution in [3.8, 4) is 5.75 Å². The number of carbonyl (C=O) groups excluding carboxylic acids is 1. The average Bonchev–Trinajstić information content (AvgIpc) is 2.73. The van der Waals surface area contributed by atoms with Crippen LogP contribution < -0.4 is 4.74 Å². The quantitative estimate of drug-likeness (QED) is 0.751. The molecule has 16 heavy (non-hydrogen) atoms. The molecule has 2 rings (SSSR count). The van der Waals surface area contributed by atoms with Gasteiger partial charge in [-0.05, 0) is 61.9 Å². The van der Waals surface area contributed by atoms with Crippen LogP contribution in [0.4, 0.5) is 0 Å². The molecular weight excluding hydrogens is 224 g/mol. The Bertz CT molecular complexity index is 395. The van der Waals surface area contributed by atoms with Gasteiger partial charge in [0, 0.05) is 5.56 Å². The maximum atomic E-state index is 11.1. The molecule has 1 fully saturated rings. The fraction of sp³-hybridized carbons (Fsp3) is 0.462. The molecule has 2 nitrogen and oxygen atoms in total. The third kappa shape index (κ3) is 2.56. The van der Waals surface area contributed by atoms with E-state index in [-0.39, 0.29) is 0 Å². The van der Waals surface area contributed by atoms with Crippen LogP contribution in [0.25, 0.3) is 0 Å². The van der Waals surface area contributed by atoms with E-state index in [1.54, 1.807) is 12.1 Å². The van der Waals surface area contributed by atoms with Crippen molar-refractivity contribution >= 4 is 16.8 Å². The number of carbonyl (C=O) groups is 1. The zero-order valence-electron chi connectivity index (χ0n) is 9.33. The highest BCUT2D eigenvalue weighted by Gasteiger charge is 2.17. The second kappa shape index (κ2) is 4.88. The number of hydrogen-bond donors (Lipinski definition) is 0. The number of hydrogen-bond acceptors (Lipinski definition) is 2. The summed E-state index contributed by atoms with van der Waals surface area (Å²) in [6, 6.07) is 5.34. The molecular formula is C13H15ClO2. The predicted molar refractivity (Wildman–Crippen MR) is 64.2 cm³/mol. The van der Waals surface area contributed by atoms with Crippen molar-refractivity contribution in [2.24, 2.45) is 0 Å². The fourth-order valence-electron chi connectivity index (χ4n) is 2.04. The molecule has 1 aromatic carbocycles. The minimum atomic E-state index is -0.434. The third-order valence-corrected chi connectivity index (χ3v) is 3.23. The first-order chi connectivity index (χ1) is 7.66. The lowest BCUT2D eigenvalue weighted by Gasteiger charge is -2.15. The van der Waals surface area contributed by atoms with Gasteiger partial charge in [-0.2, -0.15) is 0 Å². The van der Waals surface area contributed by atoms with Crippen LogP contribution >= 0.6 is 11.6 Å². The first kappa shape index (κ1) is 11.5. The van der Waals surface area contributed by atoms with Crippen LogP contribution in [0.15, 0.2) is 18.2 Å². The lowest BCUT2D eigenvalue weighted by molar-refractivity contribution is 0.108. The van der Waals surface area contributed by atoms with E-state index in [2.05, 4.69) is 0 Å². The van der Waals surface area contributed by atoms with Crippen LogP contribution in [0.2, 0.25) is 0 Å². The molecule has 0 atom stereocenters. The van der Waals surface area contributed by atoms with Gasteiger partial charge in [0.25, 0.3) is 5.24 Å². The molecule has 0 bridgehead atoms. The molecule has 0 radical (unpaired) electrons. The molecule has 1 saturated carbocycles. The summed E-state index contributed by atoms with van der Waals surface area (Å²) in [4.78, 5) is 11.1. The van der Waals surface area contributed by atoms with E-state index in [1.807, 2.05) is 13.0 Å². The lowest BCUT2D eigenvalue weighted by Crippen LogP contribution is -2.12. The van der Waals surface area contributed by atoms with Crippen LogP contribution in [-0.4, -0.2) is 11.3 Å². The van der Waals surface area contributed by atoms with Crippen LogP contribution in [0, 0.1) is 6.92 Å². The van der Waals surface area contributed by atoms with Crippen molar-refractivity contribution in [3.05, 3.63) is 29.3 Å². The highest BCUT2D eigenvalue weighted by atomic mass is 35.5. The molecule has 86 valence electrons. The molecule has 0 spiro atoms. The van der Waals surface area contributed by atoms with E-state index in [1.165, 1.54) is 12.8 Å². The molecule has 3 heteroatoms. The largest absolute Gasteiger partial charge is 0.490 e. The zero-order valence-corrected chi connectivity index (χ0v) is 10.1. The standard InChI is InChI=1S/C13H15ClO2/c1-9-6-7-10(13(14)15)8-12(9)16-11-4-2-3-5-11/h6-8,11H,2-5H2,1H3. The van der Waals surface area contributed by atoms with Crippen molar-refractivity contribution in [2.75, 3.05) is 0 Å². The third-order valence-electron chi connectivity index (χ3n) is 3.01. The number of halogens is 1. The van der Waals surface area contributed by atoms with Crippen molar-refractivity contribution in [1.82, 2.24) is 0 Å². The SMILES string of the molecule is Cc1ccc(C(=O)Cl)cc1OC1CCCC1. The summed E-state index contributed by atoms with van der Waals surface area (Å²) in [6.07, 6.45) is 4.99. The Kier molecular flexibility index (Phi) is 3.49. The van der Waals surface area contributed by atoms with E-state index >= 15 is 0 Å². The van der Waals surface area contributed by atoms with Crippen molar-refractivity contribution in [3.63, 3.8) is 0 Å². The van der Waals surface area contributed by atoms with Crippen LogP contribution in [0.5, 0.6) is 5.75 Å². The van der Waals surface area contributed by atoms with Crippen LogP contribution in [0.3, 0.4) is 0 Å². The maximum absolute atomic E-state index is 11.1. The molecule has 1 aliphatic rings. The summed E-state index contributed by atoms with van der Waals surface area (Å²) in [5, 5.41) is -0.434. The molecule has 0 aliphatic heterocycles. The van der Waals surface area contributed by atoms with E-state index < -0.39 is 5.24 Å². The predicted octanol–water partition coefficient (Wildman–Crippen LogP) is 3.70. The summed E-state index contributed by atoms with van der Waals surface area (Å²) >= 11 is 5.45. The lowest BCUT2D eigenvalue weighted by atomic mass is 10.1. The Morgan fingerprint density at radius 2 is 2.06 bits per heavy atom. The Balaban J connectivity index is 2.17. The highest BCUT2D eigenvalue weighted by Crippen LogP contribution is 2.27. The summed E-state index contributed by atoms with van der Waals surface area (Å²) in [5.74, 6) is 0.790. The molecule has 1 aromatic rings. The smallest absolute Gasteiger partial charge is 0.252 e. The van der Waals surface area contributed by atoms with E-state index in [0.717, 1.165) is 24.2 Å². The van der Waals surface area contributed by atoms with Gasteiger partial charge < -0.3 is 4.74 Å². The number of ether oxygens (including phenoxy) is 1. The van der Waals surface area contributed by atoms with Gasteiger partial charge >= 0.3 is 0 Å². The average molecular weight is 239 g/mol. The van der Waals surface area contributed by atoms with Crippen molar-refractivity contribution in [1.29, 1.82) is 0 Å².